The molecule has 0 saturated carbocycles. The van der Waals surface area contributed by atoms with E-state index in [9.17, 15) is 29.7 Å². The van der Waals surface area contributed by atoms with Crippen LogP contribution in [0.15, 0.2) is 54.6 Å². The number of hydrogen-bond donors (Lipinski definition) is 3. The Morgan fingerprint density at radius 3 is 2.38 bits per heavy atom. The number of piperidine rings is 1. The Labute approximate surface area is 232 Å². The summed E-state index contributed by atoms with van der Waals surface area (Å²) in [7, 11) is 0. The number of pyridine rings is 1. The highest BCUT2D eigenvalue weighted by Gasteiger charge is 2.45. The summed E-state index contributed by atoms with van der Waals surface area (Å²) >= 11 is 0. The van der Waals surface area contributed by atoms with Gasteiger partial charge in [0.2, 0.25) is 11.8 Å². The molecule has 0 bridgehead atoms. The second-order valence-electron chi connectivity index (χ2n) is 10.0. The van der Waals surface area contributed by atoms with Crippen LogP contribution in [0.5, 0.6) is 5.88 Å². The van der Waals surface area contributed by atoms with E-state index in [-0.39, 0.29) is 25.6 Å². The number of rotatable bonds is 9. The average molecular weight is 551 g/mol. The van der Waals surface area contributed by atoms with E-state index >= 15 is 0 Å². The topological polar surface area (TPSA) is 146 Å². The Kier molecular flexibility index (Phi) is 8.70. The lowest BCUT2D eigenvalue weighted by Gasteiger charge is -2.40. The molecule has 2 aromatic carbocycles. The molecule has 10 heteroatoms. The number of esters is 2. The van der Waals surface area contributed by atoms with Crippen molar-refractivity contribution in [3.05, 3.63) is 60.2 Å². The van der Waals surface area contributed by atoms with E-state index in [1.165, 1.54) is 11.0 Å². The molecule has 4 rings (SSSR count). The van der Waals surface area contributed by atoms with E-state index in [2.05, 4.69) is 4.98 Å². The van der Waals surface area contributed by atoms with Gasteiger partial charge in [0.1, 0.15) is 5.60 Å². The third kappa shape index (κ3) is 6.40. The summed E-state index contributed by atoms with van der Waals surface area (Å²) in [5, 5.41) is 33.0. The summed E-state index contributed by atoms with van der Waals surface area (Å²) < 4.78 is 9.80. The molecule has 2 unspecified atom stereocenters. The lowest BCUT2D eigenvalue weighted by atomic mass is 9.84. The zero-order chi connectivity index (χ0) is 28.9. The quantitative estimate of drug-likeness (QED) is 0.342. The molecule has 212 valence electrons. The van der Waals surface area contributed by atoms with Gasteiger partial charge in [0.25, 0.3) is 0 Å². The van der Waals surface area contributed by atoms with Crippen LogP contribution in [0.25, 0.3) is 22.0 Å². The van der Waals surface area contributed by atoms with Crippen molar-refractivity contribution in [2.45, 2.75) is 50.7 Å². The number of carbonyl (C=O) groups excluding carboxylic acids is 3. The standard InChI is InChI=1S/C30H34N2O8/c1-3-39-27(35)18-30(38,28(36)40-4-2)17-26(34)32-15-5-14-29(37,19-32)23-10-6-20(7-11-23)21-8-12-24-22(16-21)9-13-25(33)31-24/h6-13,16,37-38H,3-5,14-15,17-19H2,1-2H3,(H,31,33). The summed E-state index contributed by atoms with van der Waals surface area (Å²) in [4.78, 5) is 43.3. The number of aromatic nitrogens is 1. The number of amides is 1. The fraction of sp³-hybridized carbons (Fsp3) is 0.400. The number of ether oxygens (including phenoxy) is 2. The molecule has 3 N–H and O–H groups in total. The van der Waals surface area contributed by atoms with Gasteiger partial charge < -0.3 is 29.7 Å². The van der Waals surface area contributed by atoms with Crippen molar-refractivity contribution >= 4 is 28.7 Å². The predicted octanol–water partition coefficient (Wildman–Crippen LogP) is 3.05. The molecule has 40 heavy (non-hydrogen) atoms. The fourth-order valence-corrected chi connectivity index (χ4v) is 5.04. The van der Waals surface area contributed by atoms with Crippen molar-refractivity contribution in [2.24, 2.45) is 0 Å². The van der Waals surface area contributed by atoms with E-state index in [0.717, 1.165) is 16.5 Å². The number of aliphatic hydroxyl groups is 2. The van der Waals surface area contributed by atoms with Gasteiger partial charge in [-0.3, -0.25) is 9.59 Å². The van der Waals surface area contributed by atoms with E-state index < -0.39 is 41.9 Å². The molecule has 3 aromatic rings. The molecule has 0 radical (unpaired) electrons. The highest BCUT2D eigenvalue weighted by Crippen LogP contribution is 2.34. The zero-order valence-corrected chi connectivity index (χ0v) is 22.6. The fourth-order valence-electron chi connectivity index (χ4n) is 5.04. The molecule has 0 aliphatic carbocycles. The summed E-state index contributed by atoms with van der Waals surface area (Å²) in [6, 6.07) is 16.4. The molecule has 1 fully saturated rings. The Morgan fingerprint density at radius 2 is 1.68 bits per heavy atom. The second-order valence-corrected chi connectivity index (χ2v) is 10.0. The van der Waals surface area contributed by atoms with Crippen LogP contribution >= 0.6 is 0 Å². The normalized spacial score (nSPS) is 18.6. The van der Waals surface area contributed by atoms with Crippen LogP contribution in [0.3, 0.4) is 0 Å². The van der Waals surface area contributed by atoms with Gasteiger partial charge in [-0.05, 0) is 61.6 Å². The first kappa shape index (κ1) is 29.0. The van der Waals surface area contributed by atoms with Gasteiger partial charge in [-0.2, -0.15) is 0 Å². The Hall–Kier alpha value is -4.02. The number of nitrogens with zero attached hydrogens (tertiary/aromatic N) is 2. The van der Waals surface area contributed by atoms with Crippen LogP contribution in [-0.2, 0) is 29.5 Å². The van der Waals surface area contributed by atoms with Crippen LogP contribution in [0, 0.1) is 0 Å². The van der Waals surface area contributed by atoms with E-state index in [1.54, 1.807) is 19.9 Å². The Morgan fingerprint density at radius 1 is 0.975 bits per heavy atom. The van der Waals surface area contributed by atoms with Gasteiger partial charge in [0.05, 0.1) is 38.1 Å². The van der Waals surface area contributed by atoms with E-state index in [0.29, 0.717) is 30.5 Å². The second kappa shape index (κ2) is 12.0. The minimum Gasteiger partial charge on any atom is -0.493 e. The van der Waals surface area contributed by atoms with Gasteiger partial charge >= 0.3 is 11.9 Å². The third-order valence-corrected chi connectivity index (χ3v) is 7.09. The van der Waals surface area contributed by atoms with Crippen LogP contribution in [0.1, 0.15) is 45.1 Å². The van der Waals surface area contributed by atoms with Crippen molar-refractivity contribution in [2.75, 3.05) is 26.3 Å². The van der Waals surface area contributed by atoms with Gasteiger partial charge in [-0.1, -0.05) is 30.3 Å². The molecule has 10 nitrogen and oxygen atoms in total. The van der Waals surface area contributed by atoms with Crippen molar-refractivity contribution in [1.82, 2.24) is 9.88 Å². The maximum atomic E-state index is 13.2. The van der Waals surface area contributed by atoms with E-state index in [4.69, 9.17) is 9.47 Å². The average Bonchev–Trinajstić information content (AvgIpc) is 2.93. The lowest BCUT2D eigenvalue weighted by Crippen LogP contribution is -2.52. The summed E-state index contributed by atoms with van der Waals surface area (Å²) in [5.41, 5.74) is -0.527. The maximum Gasteiger partial charge on any atom is 0.339 e. The Balaban J connectivity index is 1.49. The number of likely N-dealkylation sites (tertiary alicyclic amines) is 1. The molecular weight excluding hydrogens is 516 g/mol. The first-order valence-electron chi connectivity index (χ1n) is 13.3. The molecule has 1 amide bonds. The summed E-state index contributed by atoms with van der Waals surface area (Å²) in [5.74, 6) is -2.50. The number of benzene rings is 2. The zero-order valence-electron chi connectivity index (χ0n) is 22.6. The molecule has 2 atom stereocenters. The van der Waals surface area contributed by atoms with Gasteiger partial charge in [0, 0.05) is 18.0 Å². The molecule has 0 spiro atoms. The van der Waals surface area contributed by atoms with Crippen molar-refractivity contribution < 1.29 is 39.2 Å². The van der Waals surface area contributed by atoms with Gasteiger partial charge in [-0.15, -0.1) is 0 Å². The molecule has 2 heterocycles. The minimum atomic E-state index is -2.37. The predicted molar refractivity (Wildman–Crippen MR) is 146 cm³/mol. The summed E-state index contributed by atoms with van der Waals surface area (Å²) in [6.45, 7) is 3.49. The van der Waals surface area contributed by atoms with Crippen LogP contribution in [0.2, 0.25) is 0 Å². The first-order valence-corrected chi connectivity index (χ1v) is 13.3. The van der Waals surface area contributed by atoms with Gasteiger partial charge in [0.15, 0.2) is 5.60 Å². The highest BCUT2D eigenvalue weighted by atomic mass is 16.6. The maximum absolute atomic E-state index is 13.2. The van der Waals surface area contributed by atoms with Gasteiger partial charge in [-0.25, -0.2) is 9.78 Å². The van der Waals surface area contributed by atoms with Crippen LogP contribution < -0.4 is 0 Å². The lowest BCUT2D eigenvalue weighted by molar-refractivity contribution is -0.176. The molecule has 1 aliphatic rings. The van der Waals surface area contributed by atoms with Crippen molar-refractivity contribution in [3.63, 3.8) is 0 Å². The van der Waals surface area contributed by atoms with Crippen molar-refractivity contribution in [1.29, 1.82) is 0 Å². The Bertz CT molecular complexity index is 1390. The first-order chi connectivity index (χ1) is 19.1. The minimum absolute atomic E-state index is 0.0305. The summed E-state index contributed by atoms with van der Waals surface area (Å²) in [6.07, 6.45) is -0.457. The SMILES string of the molecule is CCOC(=O)CC(O)(CC(=O)N1CCCC(O)(c2ccc(-c3ccc4nc(O)ccc4c3)cc2)C1)C(=O)OCC. The molecular formula is C30H34N2O8. The number of fused-ring (bicyclic) bond motifs is 1. The van der Waals surface area contributed by atoms with Crippen LogP contribution in [0.4, 0.5) is 0 Å². The third-order valence-electron chi connectivity index (χ3n) is 7.09. The number of carbonyl (C=O) groups is 3. The smallest absolute Gasteiger partial charge is 0.339 e. The highest BCUT2D eigenvalue weighted by molar-refractivity contribution is 5.91. The number of aromatic hydroxyl groups is 1. The largest absolute Gasteiger partial charge is 0.493 e. The number of hydrogen-bond acceptors (Lipinski definition) is 9. The molecule has 1 aliphatic heterocycles. The molecule has 1 aromatic heterocycles. The molecule has 1 saturated heterocycles. The number of β-amino-alcohol motifs (C(OH)–C–C–N with tert-alkyl or cyclic N) is 1. The van der Waals surface area contributed by atoms with Crippen LogP contribution in [-0.4, -0.2) is 75.0 Å². The van der Waals surface area contributed by atoms with Crippen molar-refractivity contribution in [3.8, 4) is 17.0 Å². The van der Waals surface area contributed by atoms with E-state index in [1.807, 2.05) is 42.5 Å². The monoisotopic (exact) mass is 550 g/mol.